The molecule has 0 unspecified atom stereocenters. The Hall–Kier alpha value is -3.73. The van der Waals surface area contributed by atoms with Crippen LogP contribution in [-0.4, -0.2) is 34.3 Å². The van der Waals surface area contributed by atoms with Gasteiger partial charge < -0.3 is 4.98 Å². The fourth-order valence-electron chi connectivity index (χ4n) is 2.40. The number of terminal acetylenes is 1. The Labute approximate surface area is 135 Å². The van der Waals surface area contributed by atoms with E-state index in [1.165, 1.54) is 10.7 Å². The highest BCUT2D eigenvalue weighted by Gasteiger charge is 2.15. The van der Waals surface area contributed by atoms with Crippen molar-refractivity contribution in [2.75, 3.05) is 0 Å². The van der Waals surface area contributed by atoms with Gasteiger partial charge in [-0.25, -0.2) is 19.2 Å². The summed E-state index contributed by atoms with van der Waals surface area (Å²) < 4.78 is 2.39. The van der Waals surface area contributed by atoms with E-state index in [2.05, 4.69) is 31.2 Å². The molecular formula is C16H11N7O. The molecule has 3 aromatic heterocycles. The summed E-state index contributed by atoms with van der Waals surface area (Å²) in [5, 5.41) is 7.87. The van der Waals surface area contributed by atoms with E-state index < -0.39 is 5.69 Å². The summed E-state index contributed by atoms with van der Waals surface area (Å²) in [5.41, 5.74) is 2.23. The molecule has 1 aromatic carbocycles. The number of aromatic nitrogens is 7. The van der Waals surface area contributed by atoms with Gasteiger partial charge in [-0.05, 0) is 5.56 Å². The Kier molecular flexibility index (Phi) is 3.17. The van der Waals surface area contributed by atoms with Crippen molar-refractivity contribution >= 4 is 5.65 Å². The van der Waals surface area contributed by atoms with Crippen LogP contribution in [-0.2, 0) is 6.54 Å². The van der Waals surface area contributed by atoms with Crippen LogP contribution in [0, 0.1) is 12.3 Å². The van der Waals surface area contributed by atoms with Crippen molar-refractivity contribution in [2.24, 2.45) is 0 Å². The third-order valence-corrected chi connectivity index (χ3v) is 3.54. The summed E-state index contributed by atoms with van der Waals surface area (Å²) in [6.45, 7) is 0.0498. The van der Waals surface area contributed by atoms with Crippen LogP contribution in [0.2, 0.25) is 0 Å². The molecule has 0 saturated carbocycles. The lowest BCUT2D eigenvalue weighted by Gasteiger charge is -1.99. The van der Waals surface area contributed by atoms with Crippen LogP contribution >= 0.6 is 0 Å². The molecule has 0 bridgehead atoms. The zero-order valence-electron chi connectivity index (χ0n) is 12.4. The Morgan fingerprint density at radius 3 is 2.83 bits per heavy atom. The van der Waals surface area contributed by atoms with Gasteiger partial charge in [0.05, 0.1) is 11.9 Å². The number of H-pyrrole nitrogens is 1. The molecule has 0 atom stereocenters. The molecular weight excluding hydrogens is 306 g/mol. The standard InChI is InChI=1S/C16H11N7O/c1-2-8-23-16(24)22-10-18-13(15(22)20-21-23)14-17-9-12(19-14)11-6-4-3-5-7-11/h1,3-7,9-10H,8H2,(H,17,19). The summed E-state index contributed by atoms with van der Waals surface area (Å²) in [5.74, 6) is 2.87. The van der Waals surface area contributed by atoms with Crippen LogP contribution in [0.25, 0.3) is 28.4 Å². The van der Waals surface area contributed by atoms with Crippen LogP contribution in [0.3, 0.4) is 0 Å². The number of hydrogen-bond donors (Lipinski definition) is 1. The van der Waals surface area contributed by atoms with Gasteiger partial charge >= 0.3 is 5.69 Å². The predicted molar refractivity (Wildman–Crippen MR) is 86.9 cm³/mol. The summed E-state index contributed by atoms with van der Waals surface area (Å²) >= 11 is 0. The van der Waals surface area contributed by atoms with Crippen molar-refractivity contribution in [3.8, 4) is 35.1 Å². The van der Waals surface area contributed by atoms with E-state index in [9.17, 15) is 4.79 Å². The minimum Gasteiger partial charge on any atom is -0.337 e. The number of imidazole rings is 2. The monoisotopic (exact) mass is 317 g/mol. The van der Waals surface area contributed by atoms with E-state index in [1.807, 2.05) is 30.3 Å². The topological polar surface area (TPSA) is 93.8 Å². The first kappa shape index (κ1) is 13.9. The van der Waals surface area contributed by atoms with Crippen LogP contribution in [0.1, 0.15) is 0 Å². The van der Waals surface area contributed by atoms with E-state index in [0.717, 1.165) is 15.9 Å². The number of nitrogens with one attached hydrogen (secondary N) is 1. The van der Waals surface area contributed by atoms with E-state index in [4.69, 9.17) is 6.42 Å². The fourth-order valence-corrected chi connectivity index (χ4v) is 2.40. The maximum Gasteiger partial charge on any atom is 0.353 e. The van der Waals surface area contributed by atoms with E-state index in [-0.39, 0.29) is 6.54 Å². The highest BCUT2D eigenvalue weighted by molar-refractivity contribution is 5.71. The van der Waals surface area contributed by atoms with E-state index in [0.29, 0.717) is 17.2 Å². The molecule has 0 aliphatic carbocycles. The zero-order chi connectivity index (χ0) is 16.5. The van der Waals surface area contributed by atoms with Crippen LogP contribution < -0.4 is 5.69 Å². The smallest absolute Gasteiger partial charge is 0.337 e. The highest BCUT2D eigenvalue weighted by atomic mass is 16.2. The SMILES string of the molecule is C#CCn1nnc2c(-c3ncc(-c4ccccc4)[nH]3)ncn2c1=O. The van der Waals surface area contributed by atoms with Gasteiger partial charge in [-0.3, -0.25) is 0 Å². The Bertz CT molecular complexity index is 1110. The molecule has 116 valence electrons. The number of benzene rings is 1. The predicted octanol–water partition coefficient (Wildman–Crippen LogP) is 0.976. The minimum absolute atomic E-state index is 0.0498. The van der Waals surface area contributed by atoms with Gasteiger partial charge in [-0.2, -0.15) is 4.68 Å². The summed E-state index contributed by atoms with van der Waals surface area (Å²) in [7, 11) is 0. The molecule has 4 rings (SSSR count). The second-order valence-electron chi connectivity index (χ2n) is 5.03. The van der Waals surface area contributed by atoms with Crippen molar-refractivity contribution in [3.63, 3.8) is 0 Å². The number of nitrogens with zero attached hydrogens (tertiary/aromatic N) is 6. The quantitative estimate of drug-likeness (QED) is 0.568. The summed E-state index contributed by atoms with van der Waals surface area (Å²) in [4.78, 5) is 24.0. The molecule has 0 aliphatic heterocycles. The van der Waals surface area contributed by atoms with Crippen molar-refractivity contribution in [1.29, 1.82) is 0 Å². The molecule has 0 fully saturated rings. The van der Waals surface area contributed by atoms with Gasteiger partial charge in [0.15, 0.2) is 17.2 Å². The van der Waals surface area contributed by atoms with E-state index in [1.54, 1.807) is 6.20 Å². The largest absolute Gasteiger partial charge is 0.353 e. The molecule has 4 aromatic rings. The summed E-state index contributed by atoms with van der Waals surface area (Å²) in [6, 6.07) is 9.78. The van der Waals surface area contributed by atoms with Crippen LogP contribution in [0.15, 0.2) is 47.7 Å². The maximum atomic E-state index is 12.2. The van der Waals surface area contributed by atoms with Crippen molar-refractivity contribution in [3.05, 3.63) is 53.3 Å². The first-order valence-corrected chi connectivity index (χ1v) is 7.13. The fraction of sp³-hybridized carbons (Fsp3) is 0.0625. The molecule has 1 N–H and O–H groups in total. The second kappa shape index (κ2) is 5.48. The van der Waals surface area contributed by atoms with Gasteiger partial charge in [-0.1, -0.05) is 41.5 Å². The number of aromatic amines is 1. The third-order valence-electron chi connectivity index (χ3n) is 3.54. The first-order chi connectivity index (χ1) is 11.8. The van der Waals surface area contributed by atoms with Gasteiger partial charge in [0, 0.05) is 0 Å². The van der Waals surface area contributed by atoms with Crippen molar-refractivity contribution in [2.45, 2.75) is 6.54 Å². The van der Waals surface area contributed by atoms with Crippen LogP contribution in [0.4, 0.5) is 0 Å². The highest BCUT2D eigenvalue weighted by Crippen LogP contribution is 2.22. The minimum atomic E-state index is -0.397. The van der Waals surface area contributed by atoms with Gasteiger partial charge in [0.25, 0.3) is 0 Å². The Balaban J connectivity index is 1.81. The molecule has 0 amide bonds. The van der Waals surface area contributed by atoms with Crippen molar-refractivity contribution < 1.29 is 0 Å². The van der Waals surface area contributed by atoms with Crippen molar-refractivity contribution in [1.82, 2.24) is 34.3 Å². The number of hydrogen-bond acceptors (Lipinski definition) is 5. The third kappa shape index (κ3) is 2.16. The molecule has 3 heterocycles. The van der Waals surface area contributed by atoms with Crippen LogP contribution in [0.5, 0.6) is 0 Å². The molecule has 24 heavy (non-hydrogen) atoms. The number of fused-ring (bicyclic) bond motifs is 1. The lowest BCUT2D eigenvalue weighted by molar-refractivity contribution is 0.577. The number of rotatable bonds is 3. The lowest BCUT2D eigenvalue weighted by atomic mass is 10.2. The molecule has 8 nitrogen and oxygen atoms in total. The lowest BCUT2D eigenvalue weighted by Crippen LogP contribution is -2.29. The molecule has 0 aliphatic rings. The Morgan fingerprint density at radius 1 is 1.21 bits per heavy atom. The Morgan fingerprint density at radius 2 is 2.04 bits per heavy atom. The molecule has 0 saturated heterocycles. The van der Waals surface area contributed by atoms with E-state index >= 15 is 0 Å². The molecule has 0 radical (unpaired) electrons. The van der Waals surface area contributed by atoms with Gasteiger partial charge in [0.2, 0.25) is 0 Å². The average molecular weight is 317 g/mol. The van der Waals surface area contributed by atoms with Gasteiger partial charge in [-0.15, -0.1) is 11.5 Å². The first-order valence-electron chi connectivity index (χ1n) is 7.13. The second-order valence-corrected chi connectivity index (χ2v) is 5.03. The molecule has 8 heteroatoms. The summed E-state index contributed by atoms with van der Waals surface area (Å²) in [6.07, 6.45) is 8.31. The average Bonchev–Trinajstić information content (AvgIpc) is 3.25. The zero-order valence-corrected chi connectivity index (χ0v) is 12.4. The molecule has 0 spiro atoms. The van der Waals surface area contributed by atoms with Gasteiger partial charge in [0.1, 0.15) is 12.9 Å². The maximum absolute atomic E-state index is 12.2. The normalized spacial score (nSPS) is 10.8.